The van der Waals surface area contributed by atoms with Crippen LogP contribution in [0, 0.1) is 13.8 Å². The molecule has 0 bridgehead atoms. The average Bonchev–Trinajstić information content (AvgIpc) is 3.05. The zero-order chi connectivity index (χ0) is 16.6. The van der Waals surface area contributed by atoms with Crippen LogP contribution in [-0.2, 0) is 11.2 Å². The number of aliphatic hydroxyl groups is 1. The highest BCUT2D eigenvalue weighted by molar-refractivity contribution is 5.81. The molecular weight excluding hydrogens is 298 g/mol. The molecule has 2 heterocycles. The maximum atomic E-state index is 10.8. The Morgan fingerprint density at radius 3 is 2.70 bits per heavy atom. The molecule has 2 aromatic heterocycles. The molecule has 0 aliphatic heterocycles. The van der Waals surface area contributed by atoms with Gasteiger partial charge in [-0.2, -0.15) is 0 Å². The largest absolute Gasteiger partial charge is 0.481 e. The van der Waals surface area contributed by atoms with Gasteiger partial charge in [-0.1, -0.05) is 11.2 Å². The molecule has 3 aromatic rings. The van der Waals surface area contributed by atoms with E-state index in [9.17, 15) is 9.90 Å². The highest BCUT2D eigenvalue weighted by atomic mass is 16.5. The summed E-state index contributed by atoms with van der Waals surface area (Å²) in [7, 11) is 0. The first kappa shape index (κ1) is 15.3. The first-order chi connectivity index (χ1) is 11.0. The van der Waals surface area contributed by atoms with Crippen LogP contribution in [0.3, 0.4) is 0 Å². The fraction of sp³-hybridized carbons (Fsp3) is 0.294. The molecule has 2 N–H and O–H groups in total. The minimum atomic E-state index is -0.878. The predicted octanol–water partition coefficient (Wildman–Crippen LogP) is 2.79. The molecule has 120 valence electrons. The monoisotopic (exact) mass is 315 g/mol. The van der Waals surface area contributed by atoms with Crippen molar-refractivity contribution < 1.29 is 23.9 Å². The third kappa shape index (κ3) is 2.85. The Kier molecular flexibility index (Phi) is 3.92. The summed E-state index contributed by atoms with van der Waals surface area (Å²) < 4.78 is 11.0. The normalized spacial score (nSPS) is 12.7. The van der Waals surface area contributed by atoms with E-state index in [-0.39, 0.29) is 18.9 Å². The van der Waals surface area contributed by atoms with Crippen molar-refractivity contribution >= 4 is 16.9 Å². The van der Waals surface area contributed by atoms with Gasteiger partial charge in [0, 0.05) is 10.9 Å². The van der Waals surface area contributed by atoms with Crippen molar-refractivity contribution in [2.75, 3.05) is 6.61 Å². The number of aryl methyl sites for hydroxylation is 2. The summed E-state index contributed by atoms with van der Waals surface area (Å²) >= 11 is 0. The molecule has 0 radical (unpaired) electrons. The van der Waals surface area contributed by atoms with Crippen LogP contribution in [-0.4, -0.2) is 27.9 Å². The Bertz CT molecular complexity index is 842. The van der Waals surface area contributed by atoms with Gasteiger partial charge in [-0.3, -0.25) is 4.79 Å². The minimum Gasteiger partial charge on any atom is -0.481 e. The van der Waals surface area contributed by atoms with Gasteiger partial charge in [-0.15, -0.1) is 0 Å². The fourth-order valence-electron chi connectivity index (χ4n) is 2.88. The van der Waals surface area contributed by atoms with Crippen molar-refractivity contribution in [3.05, 3.63) is 52.6 Å². The van der Waals surface area contributed by atoms with Gasteiger partial charge in [-0.25, -0.2) is 0 Å². The molecule has 0 saturated carbocycles. The smallest absolute Gasteiger partial charge is 0.307 e. The number of carboxylic acids is 1. The molecule has 3 rings (SSSR count). The molecule has 0 aliphatic carbocycles. The van der Waals surface area contributed by atoms with Crippen LogP contribution < -0.4 is 0 Å². The van der Waals surface area contributed by atoms with Crippen molar-refractivity contribution in [2.24, 2.45) is 0 Å². The lowest BCUT2D eigenvalue weighted by atomic mass is 9.95. The maximum Gasteiger partial charge on any atom is 0.307 e. The van der Waals surface area contributed by atoms with Gasteiger partial charge in [0.25, 0.3) is 0 Å². The van der Waals surface area contributed by atoms with Crippen molar-refractivity contribution in [1.82, 2.24) is 5.16 Å². The summed E-state index contributed by atoms with van der Waals surface area (Å²) in [6.45, 7) is 3.48. The van der Waals surface area contributed by atoms with E-state index in [2.05, 4.69) is 5.16 Å². The molecule has 1 atom stereocenters. The zero-order valence-corrected chi connectivity index (χ0v) is 12.9. The van der Waals surface area contributed by atoms with Gasteiger partial charge in [-0.05, 0) is 37.6 Å². The topological polar surface area (TPSA) is 96.7 Å². The number of aromatic nitrogens is 1. The van der Waals surface area contributed by atoms with Gasteiger partial charge >= 0.3 is 5.97 Å². The van der Waals surface area contributed by atoms with Crippen LogP contribution in [0.2, 0.25) is 0 Å². The van der Waals surface area contributed by atoms with Crippen molar-refractivity contribution in [3.63, 3.8) is 0 Å². The average molecular weight is 315 g/mol. The summed E-state index contributed by atoms with van der Waals surface area (Å²) in [5.41, 5.74) is 2.89. The molecule has 0 spiro atoms. The third-order valence-corrected chi connectivity index (χ3v) is 3.92. The maximum absolute atomic E-state index is 10.8. The summed E-state index contributed by atoms with van der Waals surface area (Å²) in [5.74, 6) is 0.00606. The van der Waals surface area contributed by atoms with Crippen LogP contribution in [0.15, 0.2) is 33.2 Å². The Morgan fingerprint density at radius 1 is 1.30 bits per heavy atom. The van der Waals surface area contributed by atoms with Crippen LogP contribution in [0.4, 0.5) is 0 Å². The van der Waals surface area contributed by atoms with Crippen molar-refractivity contribution in [2.45, 2.75) is 26.2 Å². The molecule has 1 aromatic carbocycles. The number of fused-ring (bicyclic) bond motifs is 1. The lowest BCUT2D eigenvalue weighted by molar-refractivity contribution is -0.136. The fourth-order valence-corrected chi connectivity index (χ4v) is 2.88. The number of rotatable bonds is 5. The number of hydrogen-bond donors (Lipinski definition) is 2. The van der Waals surface area contributed by atoms with Crippen LogP contribution in [0.5, 0.6) is 0 Å². The molecule has 6 heteroatoms. The van der Waals surface area contributed by atoms with Crippen LogP contribution in [0.1, 0.15) is 34.3 Å². The predicted molar refractivity (Wildman–Crippen MR) is 82.5 cm³/mol. The third-order valence-electron chi connectivity index (χ3n) is 3.92. The summed E-state index contributed by atoms with van der Waals surface area (Å²) in [5, 5.41) is 23.4. The molecule has 0 amide bonds. The van der Waals surface area contributed by atoms with E-state index < -0.39 is 5.97 Å². The SMILES string of the molecule is Cc1noc(C)c1C(CO)c1cc2cc(CC(=O)O)ccc2o1. The van der Waals surface area contributed by atoms with Gasteiger partial charge in [0.2, 0.25) is 0 Å². The van der Waals surface area contributed by atoms with E-state index in [1.807, 2.05) is 13.0 Å². The van der Waals surface area contributed by atoms with E-state index in [0.717, 1.165) is 10.9 Å². The number of aliphatic hydroxyl groups excluding tert-OH is 1. The van der Waals surface area contributed by atoms with E-state index in [1.54, 1.807) is 25.1 Å². The Morgan fingerprint density at radius 2 is 2.09 bits per heavy atom. The number of carbonyl (C=O) groups is 1. The summed E-state index contributed by atoms with van der Waals surface area (Å²) in [6, 6.07) is 7.10. The van der Waals surface area contributed by atoms with Gasteiger partial charge in [0.15, 0.2) is 0 Å². The number of carboxylic acid groups (broad SMARTS) is 1. The number of furan rings is 1. The van der Waals surface area contributed by atoms with Gasteiger partial charge in [0.1, 0.15) is 17.1 Å². The second-order valence-electron chi connectivity index (χ2n) is 5.56. The Balaban J connectivity index is 2.03. The summed E-state index contributed by atoms with van der Waals surface area (Å²) in [6.07, 6.45) is -0.0379. The van der Waals surface area contributed by atoms with E-state index in [4.69, 9.17) is 14.0 Å². The van der Waals surface area contributed by atoms with Crippen LogP contribution in [0.25, 0.3) is 11.0 Å². The highest BCUT2D eigenvalue weighted by Gasteiger charge is 2.25. The Labute approximate surface area is 132 Å². The van der Waals surface area contributed by atoms with Crippen molar-refractivity contribution in [3.8, 4) is 0 Å². The molecule has 6 nitrogen and oxygen atoms in total. The summed E-state index contributed by atoms with van der Waals surface area (Å²) in [4.78, 5) is 10.8. The molecule has 0 aliphatic rings. The quantitative estimate of drug-likeness (QED) is 0.751. The standard InChI is InChI=1S/C17H17NO5/c1-9-17(10(2)23-18-9)13(8-19)15-7-12-5-11(6-16(20)21)3-4-14(12)22-15/h3-5,7,13,19H,6,8H2,1-2H3,(H,20,21). The number of aliphatic carboxylic acids is 1. The van der Waals surface area contributed by atoms with E-state index >= 15 is 0 Å². The lowest BCUT2D eigenvalue weighted by Crippen LogP contribution is -2.07. The molecule has 23 heavy (non-hydrogen) atoms. The van der Waals surface area contributed by atoms with Gasteiger partial charge in [0.05, 0.1) is 24.6 Å². The van der Waals surface area contributed by atoms with E-state index in [1.165, 1.54) is 0 Å². The number of benzene rings is 1. The molecule has 1 unspecified atom stereocenters. The minimum absolute atomic E-state index is 0.0379. The molecule has 0 saturated heterocycles. The second-order valence-corrected chi connectivity index (χ2v) is 5.56. The van der Waals surface area contributed by atoms with Crippen molar-refractivity contribution in [1.29, 1.82) is 0 Å². The molecular formula is C17H17NO5. The first-order valence-corrected chi connectivity index (χ1v) is 7.27. The number of nitrogens with zero attached hydrogens (tertiary/aromatic N) is 1. The zero-order valence-electron chi connectivity index (χ0n) is 12.9. The highest BCUT2D eigenvalue weighted by Crippen LogP contribution is 2.33. The van der Waals surface area contributed by atoms with Gasteiger partial charge < -0.3 is 19.2 Å². The molecule has 0 fully saturated rings. The Hall–Kier alpha value is -2.60. The lowest BCUT2D eigenvalue weighted by Gasteiger charge is -2.10. The second kappa shape index (κ2) is 5.89. The first-order valence-electron chi connectivity index (χ1n) is 7.27. The number of hydrogen-bond acceptors (Lipinski definition) is 5. The van der Waals surface area contributed by atoms with Crippen LogP contribution >= 0.6 is 0 Å². The van der Waals surface area contributed by atoms with E-state index in [0.29, 0.717) is 28.4 Å².